The molecule has 0 radical (unpaired) electrons. The van der Waals surface area contributed by atoms with Crippen molar-refractivity contribution in [1.82, 2.24) is 5.32 Å². The summed E-state index contributed by atoms with van der Waals surface area (Å²) < 4.78 is 0. The van der Waals surface area contributed by atoms with Crippen LogP contribution in [0.15, 0.2) is 23.5 Å². The second-order valence-corrected chi connectivity index (χ2v) is 3.51. The van der Waals surface area contributed by atoms with Gasteiger partial charge in [-0.2, -0.15) is 0 Å². The van der Waals surface area contributed by atoms with Crippen LogP contribution in [-0.2, 0) is 0 Å². The summed E-state index contributed by atoms with van der Waals surface area (Å²) in [6.45, 7) is 6.37. The van der Waals surface area contributed by atoms with Crippen LogP contribution < -0.4 is 11.1 Å². The molecule has 0 aliphatic heterocycles. The molecule has 13 heavy (non-hydrogen) atoms. The lowest BCUT2D eigenvalue weighted by molar-refractivity contribution is 0.796. The lowest BCUT2D eigenvalue weighted by Crippen LogP contribution is -2.19. The minimum absolute atomic E-state index is 0.626. The first-order chi connectivity index (χ1) is 6.15. The smallest absolute Gasteiger partial charge is 0.0429 e. The fourth-order valence-electron chi connectivity index (χ4n) is 1.09. The molecule has 0 bridgehead atoms. The molecule has 3 nitrogen and oxygen atoms in total. The van der Waals surface area contributed by atoms with Gasteiger partial charge >= 0.3 is 0 Å². The number of rotatable bonds is 5. The zero-order valence-electron chi connectivity index (χ0n) is 8.06. The van der Waals surface area contributed by atoms with E-state index >= 15 is 0 Å². The third-order valence-electron chi connectivity index (χ3n) is 2.26. The third kappa shape index (κ3) is 2.93. The van der Waals surface area contributed by atoms with Gasteiger partial charge in [0.1, 0.15) is 0 Å². The Bertz CT molecular complexity index is 245. The molecule has 0 amide bonds. The molecule has 0 saturated heterocycles. The Kier molecular flexibility index (Phi) is 3.12. The summed E-state index contributed by atoms with van der Waals surface area (Å²) in [4.78, 5) is 0. The van der Waals surface area contributed by atoms with E-state index in [0.717, 1.165) is 11.3 Å². The van der Waals surface area contributed by atoms with E-state index in [-0.39, 0.29) is 0 Å². The average molecular weight is 179 g/mol. The second-order valence-electron chi connectivity index (χ2n) is 3.51. The summed E-state index contributed by atoms with van der Waals surface area (Å²) in [5, 5.41) is 10.3. The molecule has 0 heterocycles. The van der Waals surface area contributed by atoms with E-state index in [2.05, 4.69) is 11.9 Å². The van der Waals surface area contributed by atoms with Crippen molar-refractivity contribution in [2.75, 3.05) is 6.54 Å². The van der Waals surface area contributed by atoms with Gasteiger partial charge in [0.2, 0.25) is 0 Å². The molecule has 0 aromatic rings. The maximum Gasteiger partial charge on any atom is 0.0429 e. The number of hydrogen-bond acceptors (Lipinski definition) is 3. The largest absolute Gasteiger partial charge is 0.402 e. The molecule has 4 N–H and O–H groups in total. The maximum atomic E-state index is 7.13. The monoisotopic (exact) mass is 179 g/mol. The topological polar surface area (TPSA) is 61.9 Å². The summed E-state index contributed by atoms with van der Waals surface area (Å²) in [7, 11) is 0. The molecule has 0 unspecified atom stereocenters. The Balaban J connectivity index is 2.35. The number of hydrogen-bond donors (Lipinski definition) is 3. The quantitative estimate of drug-likeness (QED) is 0.558. The zero-order valence-corrected chi connectivity index (χ0v) is 8.06. The molecule has 1 aliphatic carbocycles. The lowest BCUT2D eigenvalue weighted by Gasteiger charge is -2.09. The summed E-state index contributed by atoms with van der Waals surface area (Å²) in [6.07, 6.45) is 3.79. The van der Waals surface area contributed by atoms with Crippen molar-refractivity contribution >= 4 is 6.21 Å². The highest BCUT2D eigenvalue weighted by Crippen LogP contribution is 2.33. The van der Waals surface area contributed by atoms with Crippen LogP contribution in [0.4, 0.5) is 0 Å². The van der Waals surface area contributed by atoms with Gasteiger partial charge in [-0.3, -0.25) is 0 Å². The van der Waals surface area contributed by atoms with Crippen LogP contribution in [0.2, 0.25) is 0 Å². The number of allylic oxidation sites excluding steroid dienone is 2. The van der Waals surface area contributed by atoms with Crippen molar-refractivity contribution < 1.29 is 0 Å². The van der Waals surface area contributed by atoms with Crippen molar-refractivity contribution in [3.8, 4) is 0 Å². The van der Waals surface area contributed by atoms with Crippen molar-refractivity contribution in [3.05, 3.63) is 23.5 Å². The summed E-state index contributed by atoms with van der Waals surface area (Å²) in [5.74, 6) is 0.657. The molecule has 0 atom stereocenters. The predicted octanol–water partition coefficient (Wildman–Crippen LogP) is 1.38. The SMILES string of the molecule is C=C(NC/C(C=N)=C(\C)N)C1CC1. The van der Waals surface area contributed by atoms with Crippen molar-refractivity contribution in [1.29, 1.82) is 5.41 Å². The summed E-state index contributed by atoms with van der Waals surface area (Å²) in [6, 6.07) is 0. The molecule has 1 fully saturated rings. The molecule has 1 saturated carbocycles. The second kappa shape index (κ2) is 4.12. The number of nitrogens with one attached hydrogen (secondary N) is 2. The fraction of sp³-hybridized carbons (Fsp3) is 0.500. The van der Waals surface area contributed by atoms with Crippen LogP contribution in [0.5, 0.6) is 0 Å². The van der Waals surface area contributed by atoms with E-state index in [4.69, 9.17) is 11.1 Å². The normalized spacial score (nSPS) is 17.6. The minimum atomic E-state index is 0.626. The minimum Gasteiger partial charge on any atom is -0.402 e. The van der Waals surface area contributed by atoms with Crippen molar-refractivity contribution in [2.24, 2.45) is 11.7 Å². The Morgan fingerprint density at radius 2 is 2.31 bits per heavy atom. The van der Waals surface area contributed by atoms with Gasteiger partial charge in [0.15, 0.2) is 0 Å². The van der Waals surface area contributed by atoms with Gasteiger partial charge in [-0.15, -0.1) is 0 Å². The molecule has 3 heteroatoms. The molecular formula is C10H17N3. The highest BCUT2D eigenvalue weighted by atomic mass is 14.9. The molecule has 1 rings (SSSR count). The average Bonchev–Trinajstić information content (AvgIpc) is 2.86. The van der Waals surface area contributed by atoms with Crippen LogP contribution in [0.1, 0.15) is 19.8 Å². The highest BCUT2D eigenvalue weighted by Gasteiger charge is 2.24. The van der Waals surface area contributed by atoms with Gasteiger partial charge < -0.3 is 16.5 Å². The van der Waals surface area contributed by atoms with Crippen LogP contribution in [-0.4, -0.2) is 12.8 Å². The van der Waals surface area contributed by atoms with Crippen LogP contribution >= 0.6 is 0 Å². The molecule has 0 spiro atoms. The Hall–Kier alpha value is -1.25. The standard InChI is InChI=1S/C10H17N3/c1-7(12)10(5-11)6-13-8(2)9-3-4-9/h5,9,11,13H,2-4,6,12H2,1H3/b10-7+,11-5?. The molecular weight excluding hydrogens is 162 g/mol. The fourth-order valence-corrected chi connectivity index (χ4v) is 1.09. The van der Waals surface area contributed by atoms with Crippen molar-refractivity contribution in [2.45, 2.75) is 19.8 Å². The van der Waals surface area contributed by atoms with Gasteiger partial charge in [0.25, 0.3) is 0 Å². The molecule has 72 valence electrons. The zero-order chi connectivity index (χ0) is 9.84. The van der Waals surface area contributed by atoms with Gasteiger partial charge in [-0.25, -0.2) is 0 Å². The van der Waals surface area contributed by atoms with Gasteiger partial charge in [-0.05, 0) is 25.7 Å². The van der Waals surface area contributed by atoms with Crippen LogP contribution in [0, 0.1) is 11.3 Å². The molecule has 0 aromatic heterocycles. The van der Waals surface area contributed by atoms with E-state index in [1.54, 1.807) is 0 Å². The first-order valence-corrected chi connectivity index (χ1v) is 4.53. The predicted molar refractivity (Wildman–Crippen MR) is 55.5 cm³/mol. The van der Waals surface area contributed by atoms with E-state index in [0.29, 0.717) is 18.2 Å². The molecule has 0 aromatic carbocycles. The van der Waals surface area contributed by atoms with E-state index in [9.17, 15) is 0 Å². The third-order valence-corrected chi connectivity index (χ3v) is 2.26. The van der Waals surface area contributed by atoms with Crippen molar-refractivity contribution in [3.63, 3.8) is 0 Å². The van der Waals surface area contributed by atoms with Gasteiger partial charge in [0.05, 0.1) is 0 Å². The number of nitrogens with two attached hydrogens (primary N) is 1. The summed E-state index contributed by atoms with van der Waals surface area (Å²) >= 11 is 0. The first kappa shape index (κ1) is 9.84. The van der Waals surface area contributed by atoms with Gasteiger partial charge in [-0.1, -0.05) is 6.58 Å². The Labute approximate surface area is 79.2 Å². The first-order valence-electron chi connectivity index (χ1n) is 4.53. The molecule has 1 aliphatic rings. The van der Waals surface area contributed by atoms with Crippen LogP contribution in [0.3, 0.4) is 0 Å². The van der Waals surface area contributed by atoms with Gasteiger partial charge in [0, 0.05) is 29.7 Å². The Morgan fingerprint density at radius 3 is 2.69 bits per heavy atom. The van der Waals surface area contributed by atoms with E-state index < -0.39 is 0 Å². The highest BCUT2D eigenvalue weighted by molar-refractivity contribution is 5.77. The van der Waals surface area contributed by atoms with E-state index in [1.807, 2.05) is 6.92 Å². The summed E-state index contributed by atoms with van der Waals surface area (Å²) in [5.41, 5.74) is 8.20. The maximum absolute atomic E-state index is 7.13. The Morgan fingerprint density at radius 1 is 1.69 bits per heavy atom. The lowest BCUT2D eigenvalue weighted by atomic mass is 10.2. The van der Waals surface area contributed by atoms with Crippen LogP contribution in [0.25, 0.3) is 0 Å². The van der Waals surface area contributed by atoms with E-state index in [1.165, 1.54) is 19.1 Å².